The van der Waals surface area contributed by atoms with Gasteiger partial charge in [-0.05, 0) is 116 Å². The largest absolute Gasteiger partial charge is 0.390 e. The van der Waals surface area contributed by atoms with Crippen molar-refractivity contribution in [2.24, 2.45) is 41.4 Å². The minimum absolute atomic E-state index is 0.0257. The highest BCUT2D eigenvalue weighted by molar-refractivity contribution is 6.09. The number of allylic oxidation sites excluding steroid dienone is 1. The molecule has 4 rings (SSSR count). The van der Waals surface area contributed by atoms with Crippen molar-refractivity contribution in [1.29, 1.82) is 0 Å². The van der Waals surface area contributed by atoms with Crippen LogP contribution in [-0.2, 0) is 57.5 Å². The van der Waals surface area contributed by atoms with Gasteiger partial charge in [0.15, 0.2) is 0 Å². The van der Waals surface area contributed by atoms with Gasteiger partial charge in [0.1, 0.15) is 60.4 Å². The fourth-order valence-corrected chi connectivity index (χ4v) is 13.7. The van der Waals surface area contributed by atoms with Crippen LogP contribution < -0.4 is 26.6 Å². The van der Waals surface area contributed by atoms with Crippen molar-refractivity contribution in [1.82, 2.24) is 65.8 Å². The van der Waals surface area contributed by atoms with E-state index in [0.717, 1.165) is 39.2 Å². The van der Waals surface area contributed by atoms with Gasteiger partial charge in [-0.1, -0.05) is 139 Å². The number of ether oxygens (including phenoxy) is 1. The van der Waals surface area contributed by atoms with E-state index in [9.17, 15) is 43.5 Å². The number of carbonyl (C=O) groups is 12. The van der Waals surface area contributed by atoms with Crippen molar-refractivity contribution < 1.29 is 67.4 Å². The SMILES string of the molecule is CC[C@H]1NC(=O)[C@H]([C@H](O)[C@H](C)CC=Cc2ccc(C(=O)NCCN3CCOCC3)c3ccccc23)N(C)C(=O)[C@H](C(C)C)N(C)C(=O)[C@H](CC(C)C)N(C)C(=O)[C@H](CC(C)C)N(C)C(=O)[C@@H](C)NC(=O)[C@H](C)NC(=O)[C@H](CC(C)C)N(C)C(=O)[C@H](C(C)C)NC(=O)[C@H](CC(C)C)N(C)C(=O)CN(C)C1=O. The smallest absolute Gasteiger partial charge is 0.251 e. The van der Waals surface area contributed by atoms with Crippen molar-refractivity contribution in [3.8, 4) is 0 Å². The normalized spacial score (nSPS) is 25.0. The Morgan fingerprint density at radius 2 is 1.02 bits per heavy atom. The van der Waals surface area contributed by atoms with Gasteiger partial charge in [0, 0.05) is 81.1 Å². The van der Waals surface area contributed by atoms with Gasteiger partial charge < -0.3 is 70.7 Å². The summed E-state index contributed by atoms with van der Waals surface area (Å²) in [5, 5.41) is 28.4. The van der Waals surface area contributed by atoms with Gasteiger partial charge in [-0.25, -0.2) is 0 Å². The van der Waals surface area contributed by atoms with Crippen molar-refractivity contribution in [2.75, 3.05) is 95.3 Å². The van der Waals surface area contributed by atoms with Crippen molar-refractivity contribution in [2.45, 2.75) is 216 Å². The lowest BCUT2D eigenvalue weighted by Crippen LogP contribution is -2.63. The first-order valence-electron chi connectivity index (χ1n) is 37.6. The Morgan fingerprint density at radius 1 is 0.533 bits per heavy atom. The summed E-state index contributed by atoms with van der Waals surface area (Å²) in [5.41, 5.74) is 1.27. The molecule has 0 aliphatic carbocycles. The molecule has 0 saturated carbocycles. The zero-order valence-electron chi connectivity index (χ0n) is 67.0. The van der Waals surface area contributed by atoms with E-state index in [2.05, 4.69) is 31.5 Å². The van der Waals surface area contributed by atoms with Crippen molar-refractivity contribution in [3.05, 3.63) is 53.6 Å². The van der Waals surface area contributed by atoms with Crippen LogP contribution in [0.4, 0.5) is 0 Å². The monoisotopic (exact) mass is 1470 g/mol. The third kappa shape index (κ3) is 24.5. The van der Waals surface area contributed by atoms with Crippen LogP contribution in [0.3, 0.4) is 0 Å². The van der Waals surface area contributed by atoms with Crippen LogP contribution in [-0.4, -0.2) is 277 Å². The Kier molecular flexibility index (Phi) is 35.0. The number of hydrogen-bond acceptors (Lipinski definition) is 15. The Labute approximate surface area is 624 Å². The van der Waals surface area contributed by atoms with Crippen LogP contribution in [0.2, 0.25) is 0 Å². The maximum Gasteiger partial charge on any atom is 0.251 e. The molecule has 0 unspecified atom stereocenters. The van der Waals surface area contributed by atoms with Gasteiger partial charge in [0.25, 0.3) is 5.91 Å². The molecule has 6 N–H and O–H groups in total. The number of carbonyl (C=O) groups excluding carboxylic acids is 12. The molecule has 27 heteroatoms. The molecule has 0 radical (unpaired) electrons. The number of aliphatic hydroxyl groups is 1. The molecule has 588 valence electrons. The molecule has 2 aromatic carbocycles. The summed E-state index contributed by atoms with van der Waals surface area (Å²) in [5.74, 6) is -10.6. The molecule has 2 aliphatic rings. The van der Waals surface area contributed by atoms with E-state index >= 15 is 19.2 Å². The number of benzene rings is 2. The molecule has 0 aromatic heterocycles. The highest BCUT2D eigenvalue weighted by atomic mass is 16.5. The second-order valence-corrected chi connectivity index (χ2v) is 31.4. The lowest BCUT2D eigenvalue weighted by molar-refractivity contribution is -0.157. The number of likely N-dealkylation sites (N-methyl/N-ethyl adjacent to an activating group) is 7. The molecule has 0 spiro atoms. The Hall–Kier alpha value is -8.04. The van der Waals surface area contributed by atoms with E-state index in [1.54, 1.807) is 47.6 Å². The molecule has 105 heavy (non-hydrogen) atoms. The first-order valence-corrected chi connectivity index (χ1v) is 37.6. The quantitative estimate of drug-likeness (QED) is 0.105. The molecule has 12 amide bonds. The zero-order valence-corrected chi connectivity index (χ0v) is 67.0. The molecule has 2 aromatic rings. The highest BCUT2D eigenvalue weighted by Crippen LogP contribution is 2.29. The number of fused-ring (bicyclic) bond motifs is 1. The fraction of sp³-hybridized carbons (Fsp3) is 0.692. The summed E-state index contributed by atoms with van der Waals surface area (Å²) in [6.07, 6.45) is 2.68. The molecule has 0 bridgehead atoms. The molecule has 2 heterocycles. The molecule has 2 fully saturated rings. The second-order valence-electron chi connectivity index (χ2n) is 31.4. The predicted octanol–water partition coefficient (Wildman–Crippen LogP) is 4.62. The first-order chi connectivity index (χ1) is 49.1. The number of morpholine rings is 1. The zero-order chi connectivity index (χ0) is 79.3. The van der Waals surface area contributed by atoms with E-state index in [1.165, 1.54) is 87.7 Å². The highest BCUT2D eigenvalue weighted by Gasteiger charge is 2.46. The van der Waals surface area contributed by atoms with Crippen LogP contribution in [0.15, 0.2) is 42.5 Å². The number of nitrogens with zero attached hydrogens (tertiary/aromatic N) is 8. The van der Waals surface area contributed by atoms with Crippen LogP contribution >= 0.6 is 0 Å². The third-order valence-corrected chi connectivity index (χ3v) is 20.2. The Balaban J connectivity index is 1.88. The molecule has 27 nitrogen and oxygen atoms in total. The lowest BCUT2D eigenvalue weighted by Gasteiger charge is -2.41. The average Bonchev–Trinajstić information content (AvgIpc) is 0.795. The van der Waals surface area contributed by atoms with Gasteiger partial charge >= 0.3 is 0 Å². The van der Waals surface area contributed by atoms with Crippen LogP contribution in [0.25, 0.3) is 16.8 Å². The fourth-order valence-electron chi connectivity index (χ4n) is 13.7. The summed E-state index contributed by atoms with van der Waals surface area (Å²) in [6.45, 7) is 31.4. The summed E-state index contributed by atoms with van der Waals surface area (Å²) in [4.78, 5) is 187. The minimum atomic E-state index is -1.73. The summed E-state index contributed by atoms with van der Waals surface area (Å²) < 4.78 is 5.47. The van der Waals surface area contributed by atoms with Gasteiger partial charge in [-0.2, -0.15) is 0 Å². The topological polar surface area (TPSA) is 320 Å². The molecule has 2 saturated heterocycles. The van der Waals surface area contributed by atoms with Crippen LogP contribution in [0.1, 0.15) is 165 Å². The lowest BCUT2D eigenvalue weighted by atomic mass is 9.91. The van der Waals surface area contributed by atoms with Crippen molar-refractivity contribution >= 4 is 87.7 Å². The number of rotatable bonds is 20. The maximum absolute atomic E-state index is 15.6. The standard InChI is InChI=1S/C78H127N13O14/c1-24-58-74(100)84(17)44-63(92)85(18)59(40-45(2)3)71(97)83-64(49(10)11)77(103)86(19)60(41-46(4)5)70(96)80-52(15)68(94)81-53(16)73(99)87(20)61(42-47(6)7)75(101)88(21)62(43-48(8)9)76(102)89(22)65(50(12)13)78(104)90(23)66(72(98)82-58)67(93)51(14)28-27-29-54-32-33-57(56-31-26-25-30-55(54)56)69(95)79-34-35-91-36-38-105-39-37-91/h25-27,29-33,45-53,58-62,64-67,93H,24,28,34-44H2,1-23H3,(H,79,95)(H,80,96)(H,81,94)(H,82,98)(H,83,97)/t51-,52+,53-,58-,59+,60+,61+,62+,64+,65+,66+,67-/m1/s1. The Bertz CT molecular complexity index is 3350. The predicted molar refractivity (Wildman–Crippen MR) is 406 cm³/mol. The number of aliphatic hydroxyl groups excluding tert-OH is 1. The molecule has 12 atom stereocenters. The summed E-state index contributed by atoms with van der Waals surface area (Å²) in [7, 11) is 9.88. The van der Waals surface area contributed by atoms with E-state index in [1.807, 2.05) is 97.9 Å². The third-order valence-electron chi connectivity index (χ3n) is 20.2. The number of hydrogen-bond donors (Lipinski definition) is 6. The Morgan fingerprint density at radius 3 is 1.55 bits per heavy atom. The van der Waals surface area contributed by atoms with Crippen LogP contribution in [0, 0.1) is 41.4 Å². The number of nitrogens with one attached hydrogen (secondary N) is 5. The van der Waals surface area contributed by atoms with E-state index in [-0.39, 0.29) is 68.1 Å². The number of amides is 12. The molecule has 2 aliphatic heterocycles. The average molecular weight is 1470 g/mol. The summed E-state index contributed by atoms with van der Waals surface area (Å²) >= 11 is 0. The minimum Gasteiger partial charge on any atom is -0.390 e. The molecular formula is C78H127N13O14. The first kappa shape index (κ1) is 89.4. The maximum atomic E-state index is 15.6. The van der Waals surface area contributed by atoms with Gasteiger partial charge in [0.2, 0.25) is 65.0 Å². The van der Waals surface area contributed by atoms with Crippen LogP contribution in [0.5, 0.6) is 0 Å². The summed E-state index contributed by atoms with van der Waals surface area (Å²) in [6, 6.07) is -1.70. The van der Waals surface area contributed by atoms with E-state index in [4.69, 9.17) is 4.74 Å². The van der Waals surface area contributed by atoms with Gasteiger partial charge in [-0.3, -0.25) is 62.4 Å². The van der Waals surface area contributed by atoms with E-state index < -0.39 is 156 Å². The molecular weight excluding hydrogens is 1340 g/mol. The van der Waals surface area contributed by atoms with Crippen molar-refractivity contribution in [3.63, 3.8) is 0 Å². The van der Waals surface area contributed by atoms with Gasteiger partial charge in [0.05, 0.1) is 25.9 Å². The van der Waals surface area contributed by atoms with Gasteiger partial charge in [-0.15, -0.1) is 0 Å². The second kappa shape index (κ2) is 41.2. The van der Waals surface area contributed by atoms with E-state index in [0.29, 0.717) is 31.9 Å².